The Balaban J connectivity index is 1.45. The summed E-state index contributed by atoms with van der Waals surface area (Å²) in [5.74, 6) is 1.32. The Morgan fingerprint density at radius 1 is 0.873 bits per heavy atom. The Morgan fingerprint density at radius 2 is 1.47 bits per heavy atom. The maximum atomic E-state index is 13.3. The minimum absolute atomic E-state index is 0.0987. The molecule has 1 saturated carbocycles. The molecular formula is C42H51N4O8P. The van der Waals surface area contributed by atoms with Gasteiger partial charge in [0.1, 0.15) is 23.3 Å². The summed E-state index contributed by atoms with van der Waals surface area (Å²) >= 11 is 0. The maximum absolute atomic E-state index is 13.3. The second-order valence-electron chi connectivity index (χ2n) is 14.4. The number of hydrogen-bond acceptors (Lipinski definition) is 10. The fourth-order valence-electron chi connectivity index (χ4n) is 7.90. The first-order valence-electron chi connectivity index (χ1n) is 18.8. The Morgan fingerprint density at radius 3 is 2.02 bits per heavy atom. The quantitative estimate of drug-likeness (QED) is 0.0703. The maximum Gasteiger partial charge on any atom is 0.330 e. The van der Waals surface area contributed by atoms with Crippen LogP contribution in [0.2, 0.25) is 0 Å². The van der Waals surface area contributed by atoms with Crippen molar-refractivity contribution in [3.8, 4) is 17.6 Å². The van der Waals surface area contributed by atoms with E-state index in [1.54, 1.807) is 14.2 Å². The molecule has 1 saturated heterocycles. The number of ether oxygens (including phenoxy) is 4. The van der Waals surface area contributed by atoms with Crippen molar-refractivity contribution in [1.29, 1.82) is 5.26 Å². The number of nitriles is 1. The van der Waals surface area contributed by atoms with Crippen molar-refractivity contribution in [1.82, 2.24) is 14.2 Å². The normalized spacial score (nSPS) is 21.7. The van der Waals surface area contributed by atoms with Crippen molar-refractivity contribution in [2.45, 2.75) is 95.6 Å². The van der Waals surface area contributed by atoms with Crippen LogP contribution in [-0.2, 0) is 24.1 Å². The first-order chi connectivity index (χ1) is 26.6. The highest BCUT2D eigenvalue weighted by Gasteiger charge is 2.53. The van der Waals surface area contributed by atoms with Crippen LogP contribution in [0, 0.1) is 17.2 Å². The Kier molecular flexibility index (Phi) is 13.3. The molecule has 1 aliphatic heterocycles. The van der Waals surface area contributed by atoms with Crippen LogP contribution < -0.4 is 20.7 Å². The third kappa shape index (κ3) is 8.73. The van der Waals surface area contributed by atoms with Crippen molar-refractivity contribution >= 4 is 8.53 Å². The van der Waals surface area contributed by atoms with Crippen LogP contribution >= 0.6 is 8.53 Å². The SMILES string of the molecule is COc1ccc(C(O[C@H]2CCC3[C@H](OP(OCCC#N)N(C(C)C)C(C)C)C[C@@H](n4ccc(=O)[nH]c4=O)O[C@@H]32)(c2ccccc2)c2ccc(OC)cc2)cc1. The number of nitrogens with zero attached hydrogens (tertiary/aromatic N) is 3. The van der Waals surface area contributed by atoms with Crippen molar-refractivity contribution < 1.29 is 28.0 Å². The van der Waals surface area contributed by atoms with Gasteiger partial charge in [0, 0.05) is 36.7 Å². The zero-order chi connectivity index (χ0) is 39.1. The number of nitrogens with one attached hydrogen (secondary N) is 1. The van der Waals surface area contributed by atoms with Gasteiger partial charge >= 0.3 is 5.69 Å². The van der Waals surface area contributed by atoms with Gasteiger partial charge in [0.15, 0.2) is 0 Å². The van der Waals surface area contributed by atoms with Gasteiger partial charge in [0.05, 0.1) is 51.6 Å². The second-order valence-corrected chi connectivity index (χ2v) is 15.8. The minimum Gasteiger partial charge on any atom is -0.497 e. The van der Waals surface area contributed by atoms with E-state index >= 15 is 0 Å². The average Bonchev–Trinajstić information content (AvgIpc) is 3.59. The lowest BCUT2D eigenvalue weighted by Crippen LogP contribution is -2.49. The molecule has 6 rings (SSSR count). The topological polar surface area (TPSA) is 137 Å². The van der Waals surface area contributed by atoms with E-state index in [0.717, 1.165) is 34.6 Å². The molecule has 12 nitrogen and oxygen atoms in total. The molecule has 2 unspecified atom stereocenters. The van der Waals surface area contributed by atoms with Crippen LogP contribution in [0.1, 0.15) is 76.3 Å². The molecule has 0 bridgehead atoms. The summed E-state index contributed by atoms with van der Waals surface area (Å²) in [6.07, 6.45) is 1.28. The molecule has 2 fully saturated rings. The highest BCUT2D eigenvalue weighted by Crippen LogP contribution is 2.54. The number of aromatic nitrogens is 2. The zero-order valence-electron chi connectivity index (χ0n) is 32.3. The van der Waals surface area contributed by atoms with E-state index in [1.807, 2.05) is 66.7 Å². The van der Waals surface area contributed by atoms with Gasteiger partial charge in [-0.15, -0.1) is 0 Å². The smallest absolute Gasteiger partial charge is 0.330 e. The molecule has 4 aromatic rings. The molecular weight excluding hydrogens is 719 g/mol. The summed E-state index contributed by atoms with van der Waals surface area (Å²) in [4.78, 5) is 27.8. The number of H-pyrrole nitrogens is 1. The van der Waals surface area contributed by atoms with E-state index in [0.29, 0.717) is 12.8 Å². The Bertz CT molecular complexity index is 1940. The van der Waals surface area contributed by atoms with Crippen LogP contribution in [0.5, 0.6) is 11.5 Å². The standard InChI is InChI=1S/C42H51N4O8P/c1-28(2)46(29(3)4)55(51-26-10-24-43)54-37-27-39(45-25-23-38(47)44-41(45)48)52-40-35(37)21-22-36(40)53-42(30-11-8-7-9-12-30,31-13-17-33(49-5)18-14-31)32-15-19-34(50-6)20-16-32/h7-9,11-20,23,25,28-29,35-37,39-40H,10,21-22,26-27H2,1-6H3,(H,44,47,48)/t35?,36-,37+,39-,40-,55?/m0/s1. The third-order valence-corrected chi connectivity index (χ3v) is 12.5. The number of rotatable bonds is 16. The van der Waals surface area contributed by atoms with Crippen LogP contribution in [0.25, 0.3) is 0 Å². The predicted molar refractivity (Wildman–Crippen MR) is 210 cm³/mol. The highest BCUT2D eigenvalue weighted by atomic mass is 31.2. The monoisotopic (exact) mass is 770 g/mol. The molecule has 2 aliphatic rings. The largest absolute Gasteiger partial charge is 0.497 e. The number of hydrogen-bond donors (Lipinski definition) is 1. The molecule has 1 aromatic heterocycles. The summed E-state index contributed by atoms with van der Waals surface area (Å²) in [6, 6.07) is 29.6. The molecule has 55 heavy (non-hydrogen) atoms. The summed E-state index contributed by atoms with van der Waals surface area (Å²) in [7, 11) is 1.68. The lowest BCUT2D eigenvalue weighted by atomic mass is 9.79. The van der Waals surface area contributed by atoms with Gasteiger partial charge in [-0.2, -0.15) is 5.26 Å². The Hall–Kier alpha value is -4.34. The third-order valence-electron chi connectivity index (χ3n) is 10.3. The number of fused-ring (bicyclic) bond motifs is 1. The fourth-order valence-corrected chi connectivity index (χ4v) is 9.68. The fraction of sp³-hybridized carbons (Fsp3) is 0.452. The summed E-state index contributed by atoms with van der Waals surface area (Å²) in [5, 5.41) is 9.33. The minimum atomic E-state index is -1.60. The molecule has 1 aliphatic carbocycles. The highest BCUT2D eigenvalue weighted by molar-refractivity contribution is 7.44. The molecule has 3 aromatic carbocycles. The van der Waals surface area contributed by atoms with E-state index in [2.05, 4.69) is 55.6 Å². The second kappa shape index (κ2) is 18.1. The predicted octanol–water partition coefficient (Wildman–Crippen LogP) is 7.29. The molecule has 6 atom stereocenters. The zero-order valence-corrected chi connectivity index (χ0v) is 33.2. The van der Waals surface area contributed by atoms with Crippen LogP contribution in [-0.4, -0.2) is 65.4 Å². The molecule has 1 N–H and O–H groups in total. The number of benzene rings is 3. The van der Waals surface area contributed by atoms with Crippen LogP contribution in [0.15, 0.2) is 101 Å². The first kappa shape index (κ1) is 40.3. The lowest BCUT2D eigenvalue weighted by molar-refractivity contribution is -0.197. The van der Waals surface area contributed by atoms with Crippen LogP contribution in [0.3, 0.4) is 0 Å². The van der Waals surface area contributed by atoms with E-state index < -0.39 is 49.9 Å². The number of aromatic amines is 1. The molecule has 292 valence electrons. The number of methoxy groups -OCH3 is 2. The molecule has 0 spiro atoms. The van der Waals surface area contributed by atoms with Gasteiger partial charge < -0.3 is 28.0 Å². The van der Waals surface area contributed by atoms with E-state index in [-0.39, 0.29) is 31.0 Å². The van der Waals surface area contributed by atoms with Gasteiger partial charge in [0.25, 0.3) is 14.1 Å². The van der Waals surface area contributed by atoms with Crippen molar-refractivity contribution in [2.24, 2.45) is 5.92 Å². The lowest BCUT2D eigenvalue weighted by Gasteiger charge is -2.45. The van der Waals surface area contributed by atoms with Gasteiger partial charge in [-0.05, 0) is 81.5 Å². The molecule has 0 amide bonds. The van der Waals surface area contributed by atoms with Crippen molar-refractivity contribution in [2.75, 3.05) is 20.8 Å². The molecule has 2 heterocycles. The van der Waals surface area contributed by atoms with Gasteiger partial charge in [0.2, 0.25) is 0 Å². The summed E-state index contributed by atoms with van der Waals surface area (Å²) in [5.41, 5.74) is 0.548. The van der Waals surface area contributed by atoms with Gasteiger partial charge in [-0.25, -0.2) is 9.46 Å². The van der Waals surface area contributed by atoms with Crippen molar-refractivity contribution in [3.05, 3.63) is 129 Å². The van der Waals surface area contributed by atoms with E-state index in [4.69, 9.17) is 28.0 Å². The molecule has 13 heteroatoms. The average molecular weight is 771 g/mol. The van der Waals surface area contributed by atoms with Gasteiger partial charge in [-0.1, -0.05) is 54.6 Å². The Labute approximate surface area is 323 Å². The van der Waals surface area contributed by atoms with E-state index in [9.17, 15) is 14.9 Å². The van der Waals surface area contributed by atoms with Gasteiger partial charge in [-0.3, -0.25) is 14.3 Å². The summed E-state index contributed by atoms with van der Waals surface area (Å²) < 4.78 is 42.6. The summed E-state index contributed by atoms with van der Waals surface area (Å²) in [6.45, 7) is 8.63. The molecule has 0 radical (unpaired) electrons. The van der Waals surface area contributed by atoms with Crippen molar-refractivity contribution in [3.63, 3.8) is 0 Å². The van der Waals surface area contributed by atoms with E-state index in [1.165, 1.54) is 16.8 Å². The first-order valence-corrected chi connectivity index (χ1v) is 20.0. The van der Waals surface area contributed by atoms with Crippen LogP contribution in [0.4, 0.5) is 0 Å².